The minimum absolute atomic E-state index is 0.00343. The van der Waals surface area contributed by atoms with Crippen molar-refractivity contribution in [2.24, 2.45) is 0 Å². The van der Waals surface area contributed by atoms with Crippen LogP contribution in [-0.4, -0.2) is 11.4 Å². The molecule has 0 bridgehead atoms. The van der Waals surface area contributed by atoms with Gasteiger partial charge in [-0.05, 0) is 18.1 Å². The largest absolute Gasteiger partial charge is 0.507 e. The second kappa shape index (κ2) is 3.56. The third-order valence-electron chi connectivity index (χ3n) is 1.88. The smallest absolute Gasteiger partial charge is 0.153 e. The van der Waals surface area contributed by atoms with Crippen molar-refractivity contribution in [3.63, 3.8) is 0 Å². The van der Waals surface area contributed by atoms with Crippen molar-refractivity contribution in [2.45, 2.75) is 19.8 Å². The molecule has 0 unspecified atom stereocenters. The summed E-state index contributed by atoms with van der Waals surface area (Å²) < 4.78 is 12.9. The van der Waals surface area contributed by atoms with Crippen molar-refractivity contribution in [3.05, 3.63) is 29.1 Å². The molecule has 0 spiro atoms. The van der Waals surface area contributed by atoms with E-state index in [1.54, 1.807) is 0 Å². The average Bonchev–Trinajstić information content (AvgIpc) is 2.08. The van der Waals surface area contributed by atoms with Crippen LogP contribution in [0.5, 0.6) is 5.75 Å². The molecule has 0 aromatic heterocycles. The van der Waals surface area contributed by atoms with E-state index in [0.717, 1.165) is 6.07 Å². The van der Waals surface area contributed by atoms with Crippen LogP contribution >= 0.6 is 0 Å². The van der Waals surface area contributed by atoms with E-state index in [9.17, 15) is 14.3 Å². The number of aromatic hydroxyl groups is 1. The number of carbonyl (C=O) groups is 1. The summed E-state index contributed by atoms with van der Waals surface area (Å²) in [6.07, 6.45) is 0.449. The van der Waals surface area contributed by atoms with Gasteiger partial charge in [0.2, 0.25) is 0 Å². The molecule has 70 valence electrons. The number of hydrogen-bond acceptors (Lipinski definition) is 2. The van der Waals surface area contributed by atoms with E-state index in [4.69, 9.17) is 0 Å². The first kappa shape index (κ1) is 9.71. The van der Waals surface area contributed by atoms with Gasteiger partial charge in [-0.2, -0.15) is 0 Å². The Balaban J connectivity index is 3.35. The van der Waals surface area contributed by atoms with Gasteiger partial charge in [-0.3, -0.25) is 4.79 Å². The Bertz CT molecular complexity index is 332. The number of hydrogen-bond donors (Lipinski definition) is 1. The minimum atomic E-state index is -0.497. The third-order valence-corrected chi connectivity index (χ3v) is 1.88. The van der Waals surface area contributed by atoms with Crippen molar-refractivity contribution < 1.29 is 14.3 Å². The number of carbonyl (C=O) groups excluding carboxylic acids is 1. The van der Waals surface area contributed by atoms with Gasteiger partial charge in [-0.25, -0.2) is 4.39 Å². The Morgan fingerprint density at radius 3 is 2.54 bits per heavy atom. The van der Waals surface area contributed by atoms with Gasteiger partial charge in [-0.1, -0.05) is 13.8 Å². The molecule has 0 heterocycles. The van der Waals surface area contributed by atoms with Crippen molar-refractivity contribution in [3.8, 4) is 5.75 Å². The Morgan fingerprint density at radius 1 is 1.46 bits per heavy atom. The van der Waals surface area contributed by atoms with E-state index in [1.807, 2.05) is 13.8 Å². The van der Waals surface area contributed by atoms with Crippen LogP contribution in [0.1, 0.15) is 35.7 Å². The molecule has 1 N–H and O–H groups in total. The van der Waals surface area contributed by atoms with Crippen LogP contribution < -0.4 is 0 Å². The van der Waals surface area contributed by atoms with Gasteiger partial charge < -0.3 is 5.11 Å². The Hall–Kier alpha value is -1.38. The topological polar surface area (TPSA) is 37.3 Å². The van der Waals surface area contributed by atoms with Gasteiger partial charge in [0, 0.05) is 5.56 Å². The van der Waals surface area contributed by atoms with E-state index in [0.29, 0.717) is 11.8 Å². The predicted molar refractivity (Wildman–Crippen MR) is 47.5 cm³/mol. The lowest BCUT2D eigenvalue weighted by Crippen LogP contribution is -1.94. The lowest BCUT2D eigenvalue weighted by atomic mass is 9.99. The number of rotatable bonds is 2. The molecule has 1 aromatic rings. The van der Waals surface area contributed by atoms with E-state index in [1.165, 1.54) is 6.07 Å². The fourth-order valence-electron chi connectivity index (χ4n) is 1.17. The first-order chi connectivity index (χ1) is 6.06. The maximum Gasteiger partial charge on any atom is 0.153 e. The number of halogens is 1. The quantitative estimate of drug-likeness (QED) is 0.713. The van der Waals surface area contributed by atoms with Gasteiger partial charge in [0.05, 0.1) is 5.56 Å². The summed E-state index contributed by atoms with van der Waals surface area (Å²) in [4.78, 5) is 10.4. The fourth-order valence-corrected chi connectivity index (χ4v) is 1.17. The van der Waals surface area contributed by atoms with Crippen LogP contribution in [0.25, 0.3) is 0 Å². The van der Waals surface area contributed by atoms with E-state index < -0.39 is 5.82 Å². The lowest BCUT2D eigenvalue weighted by Gasteiger charge is -2.09. The standard InChI is InChI=1S/C10H11FO2/c1-6(2)9-4-8(11)3-7(5-12)10(9)13/h3-6,13H,1-2H3. The minimum Gasteiger partial charge on any atom is -0.507 e. The zero-order valence-corrected chi connectivity index (χ0v) is 7.54. The molecule has 0 aliphatic heterocycles. The molecule has 0 saturated heterocycles. The fraction of sp³-hybridized carbons (Fsp3) is 0.300. The molecule has 0 aliphatic carbocycles. The second-order valence-electron chi connectivity index (χ2n) is 3.21. The normalized spacial score (nSPS) is 10.5. The zero-order chi connectivity index (χ0) is 10.0. The molecule has 13 heavy (non-hydrogen) atoms. The summed E-state index contributed by atoms with van der Waals surface area (Å²) in [6.45, 7) is 3.64. The maximum atomic E-state index is 12.9. The molecule has 3 heteroatoms. The van der Waals surface area contributed by atoms with Gasteiger partial charge >= 0.3 is 0 Å². The van der Waals surface area contributed by atoms with Crippen molar-refractivity contribution >= 4 is 6.29 Å². The van der Waals surface area contributed by atoms with Crippen LogP contribution in [0, 0.1) is 5.82 Å². The molecule has 0 amide bonds. The van der Waals surface area contributed by atoms with Gasteiger partial charge in [-0.15, -0.1) is 0 Å². The van der Waals surface area contributed by atoms with Crippen molar-refractivity contribution in [2.75, 3.05) is 0 Å². The highest BCUT2D eigenvalue weighted by Crippen LogP contribution is 2.28. The van der Waals surface area contributed by atoms with Crippen LogP contribution in [0.4, 0.5) is 4.39 Å². The van der Waals surface area contributed by atoms with Gasteiger partial charge in [0.25, 0.3) is 0 Å². The Kier molecular flexibility index (Phi) is 2.66. The Labute approximate surface area is 76.0 Å². The first-order valence-corrected chi connectivity index (χ1v) is 4.04. The van der Waals surface area contributed by atoms with E-state index in [-0.39, 0.29) is 17.2 Å². The highest BCUT2D eigenvalue weighted by Gasteiger charge is 2.11. The van der Waals surface area contributed by atoms with Crippen LogP contribution in [-0.2, 0) is 0 Å². The molecule has 0 aliphatic rings. The first-order valence-electron chi connectivity index (χ1n) is 4.04. The van der Waals surface area contributed by atoms with Crippen LogP contribution in [0.3, 0.4) is 0 Å². The number of aldehydes is 1. The highest BCUT2D eigenvalue weighted by molar-refractivity contribution is 5.80. The lowest BCUT2D eigenvalue weighted by molar-refractivity contribution is 0.112. The summed E-state index contributed by atoms with van der Waals surface area (Å²) in [5.41, 5.74) is 0.464. The molecular formula is C10H11FO2. The summed E-state index contributed by atoms with van der Waals surface area (Å²) >= 11 is 0. The summed E-state index contributed by atoms with van der Waals surface area (Å²) in [5, 5.41) is 9.49. The number of phenolic OH excluding ortho intramolecular Hbond substituents is 1. The average molecular weight is 182 g/mol. The molecule has 0 radical (unpaired) electrons. The summed E-state index contributed by atoms with van der Waals surface area (Å²) in [6, 6.07) is 2.27. The van der Waals surface area contributed by atoms with Crippen LogP contribution in [0.2, 0.25) is 0 Å². The van der Waals surface area contributed by atoms with Gasteiger partial charge in [0.15, 0.2) is 6.29 Å². The molecule has 2 nitrogen and oxygen atoms in total. The third kappa shape index (κ3) is 1.86. The van der Waals surface area contributed by atoms with E-state index >= 15 is 0 Å². The molecule has 1 rings (SSSR count). The molecule has 1 aromatic carbocycles. The maximum absolute atomic E-state index is 12.9. The summed E-state index contributed by atoms with van der Waals surface area (Å²) in [5.74, 6) is -0.621. The van der Waals surface area contributed by atoms with Gasteiger partial charge in [0.1, 0.15) is 11.6 Å². The molecule has 0 atom stereocenters. The monoisotopic (exact) mass is 182 g/mol. The predicted octanol–water partition coefficient (Wildman–Crippen LogP) is 2.47. The molecule has 0 saturated carbocycles. The number of benzene rings is 1. The van der Waals surface area contributed by atoms with E-state index in [2.05, 4.69) is 0 Å². The SMILES string of the molecule is CC(C)c1cc(F)cc(C=O)c1O. The van der Waals surface area contributed by atoms with Crippen molar-refractivity contribution in [1.29, 1.82) is 0 Å². The molecular weight excluding hydrogens is 171 g/mol. The van der Waals surface area contributed by atoms with Crippen LogP contribution in [0.15, 0.2) is 12.1 Å². The second-order valence-corrected chi connectivity index (χ2v) is 3.21. The Morgan fingerprint density at radius 2 is 2.08 bits per heavy atom. The molecule has 0 fully saturated rings. The number of phenols is 1. The zero-order valence-electron chi connectivity index (χ0n) is 7.54. The van der Waals surface area contributed by atoms with Crippen molar-refractivity contribution in [1.82, 2.24) is 0 Å². The highest BCUT2D eigenvalue weighted by atomic mass is 19.1. The summed E-state index contributed by atoms with van der Waals surface area (Å²) in [7, 11) is 0.